The van der Waals surface area contributed by atoms with E-state index in [2.05, 4.69) is 4.72 Å². The summed E-state index contributed by atoms with van der Waals surface area (Å²) in [4.78, 5) is 13.4. The lowest BCUT2D eigenvalue weighted by Crippen LogP contribution is -2.37. The van der Waals surface area contributed by atoms with Gasteiger partial charge in [-0.1, -0.05) is 17.7 Å². The van der Waals surface area contributed by atoms with Gasteiger partial charge in [-0.05, 0) is 48.9 Å². The molecule has 1 N–H and O–H groups in total. The molecule has 2 aromatic carbocycles. The largest absolute Gasteiger partial charge is 0.311 e. The summed E-state index contributed by atoms with van der Waals surface area (Å²) in [6.45, 7) is 3.27. The number of nitriles is 1. The fourth-order valence-electron chi connectivity index (χ4n) is 2.37. The standard InChI is InChI=1S/C18H18ClN3O3S/c1-13-10-17(6-7-18(13)19)26(24,25)21-8-9-22(14(2)23)16-5-3-4-15(11-16)12-20/h3-7,10-11,21H,8-9H2,1-2H3. The second-order valence-electron chi connectivity index (χ2n) is 5.64. The van der Waals surface area contributed by atoms with Gasteiger partial charge < -0.3 is 4.90 Å². The van der Waals surface area contributed by atoms with E-state index in [1.807, 2.05) is 6.07 Å². The van der Waals surface area contributed by atoms with Gasteiger partial charge in [0.25, 0.3) is 0 Å². The maximum atomic E-state index is 12.4. The zero-order valence-electron chi connectivity index (χ0n) is 14.4. The van der Waals surface area contributed by atoms with Gasteiger partial charge in [-0.3, -0.25) is 4.79 Å². The van der Waals surface area contributed by atoms with Crippen LogP contribution in [0.25, 0.3) is 0 Å². The molecule has 0 heterocycles. The zero-order chi connectivity index (χ0) is 19.3. The predicted octanol–water partition coefficient (Wildman–Crippen LogP) is 2.85. The molecule has 0 spiro atoms. The molecular formula is C18H18ClN3O3S. The van der Waals surface area contributed by atoms with Gasteiger partial charge in [0.2, 0.25) is 15.9 Å². The molecule has 8 heteroatoms. The van der Waals surface area contributed by atoms with Crippen molar-refractivity contribution in [2.75, 3.05) is 18.0 Å². The average Bonchev–Trinajstić information content (AvgIpc) is 2.60. The molecule has 0 bridgehead atoms. The minimum Gasteiger partial charge on any atom is -0.311 e. The molecule has 0 saturated carbocycles. The third kappa shape index (κ3) is 4.82. The number of sulfonamides is 1. The van der Waals surface area contributed by atoms with E-state index in [0.29, 0.717) is 21.8 Å². The van der Waals surface area contributed by atoms with Gasteiger partial charge in [0.05, 0.1) is 16.5 Å². The van der Waals surface area contributed by atoms with E-state index in [1.165, 1.54) is 30.0 Å². The van der Waals surface area contributed by atoms with Crippen molar-refractivity contribution in [1.29, 1.82) is 5.26 Å². The monoisotopic (exact) mass is 391 g/mol. The molecule has 0 atom stereocenters. The molecule has 0 aliphatic heterocycles. The highest BCUT2D eigenvalue weighted by Gasteiger charge is 2.17. The maximum absolute atomic E-state index is 12.4. The first-order valence-corrected chi connectivity index (χ1v) is 9.65. The summed E-state index contributed by atoms with van der Waals surface area (Å²) in [5, 5.41) is 9.47. The van der Waals surface area contributed by atoms with Crippen LogP contribution in [-0.4, -0.2) is 27.4 Å². The van der Waals surface area contributed by atoms with Crippen molar-refractivity contribution < 1.29 is 13.2 Å². The number of halogens is 1. The molecule has 2 aromatic rings. The van der Waals surface area contributed by atoms with Crippen molar-refractivity contribution in [3.05, 3.63) is 58.6 Å². The SMILES string of the molecule is CC(=O)N(CCNS(=O)(=O)c1ccc(Cl)c(C)c1)c1cccc(C#N)c1. The third-order valence-corrected chi connectivity index (χ3v) is 5.62. The summed E-state index contributed by atoms with van der Waals surface area (Å²) in [5.41, 5.74) is 1.62. The number of nitrogens with one attached hydrogen (secondary N) is 1. The summed E-state index contributed by atoms with van der Waals surface area (Å²) in [6, 6.07) is 13.0. The molecule has 0 radical (unpaired) electrons. The molecule has 136 valence electrons. The fraction of sp³-hybridized carbons (Fsp3) is 0.222. The average molecular weight is 392 g/mol. The topological polar surface area (TPSA) is 90.3 Å². The first kappa shape index (κ1) is 19.9. The highest BCUT2D eigenvalue weighted by molar-refractivity contribution is 7.89. The normalized spacial score (nSPS) is 11.0. The number of carbonyl (C=O) groups excluding carboxylic acids is 1. The molecule has 0 aliphatic carbocycles. The maximum Gasteiger partial charge on any atom is 0.240 e. The van der Waals surface area contributed by atoms with Crippen LogP contribution >= 0.6 is 11.6 Å². The number of carbonyl (C=O) groups is 1. The highest BCUT2D eigenvalue weighted by atomic mass is 35.5. The van der Waals surface area contributed by atoms with E-state index in [-0.39, 0.29) is 23.9 Å². The van der Waals surface area contributed by atoms with Crippen LogP contribution in [0.2, 0.25) is 5.02 Å². The Balaban J connectivity index is 2.11. The molecule has 0 saturated heterocycles. The minimum atomic E-state index is -3.71. The Labute approximate surface area is 158 Å². The van der Waals surface area contributed by atoms with Gasteiger partial charge in [-0.25, -0.2) is 13.1 Å². The second-order valence-corrected chi connectivity index (χ2v) is 7.82. The van der Waals surface area contributed by atoms with Gasteiger partial charge in [0.1, 0.15) is 0 Å². The van der Waals surface area contributed by atoms with Crippen LogP contribution in [0.3, 0.4) is 0 Å². The Morgan fingerprint density at radius 2 is 2.00 bits per heavy atom. The minimum absolute atomic E-state index is 0.0281. The Morgan fingerprint density at radius 3 is 2.62 bits per heavy atom. The summed E-state index contributed by atoms with van der Waals surface area (Å²) in [6.07, 6.45) is 0. The first-order chi connectivity index (χ1) is 12.2. The quantitative estimate of drug-likeness (QED) is 0.819. The van der Waals surface area contributed by atoms with Crippen molar-refractivity contribution in [2.45, 2.75) is 18.7 Å². The molecule has 0 fully saturated rings. The molecule has 0 unspecified atom stereocenters. The molecular weight excluding hydrogens is 374 g/mol. The van der Waals surface area contributed by atoms with E-state index in [0.717, 1.165) is 0 Å². The van der Waals surface area contributed by atoms with Crippen molar-refractivity contribution >= 4 is 33.2 Å². The smallest absolute Gasteiger partial charge is 0.240 e. The number of amides is 1. The van der Waals surface area contributed by atoms with E-state index >= 15 is 0 Å². The summed E-state index contributed by atoms with van der Waals surface area (Å²) < 4.78 is 27.2. The van der Waals surface area contributed by atoms with Crippen LogP contribution in [0.5, 0.6) is 0 Å². The Kier molecular flexibility index (Phi) is 6.37. The molecule has 0 aliphatic rings. The van der Waals surface area contributed by atoms with E-state index in [1.54, 1.807) is 31.2 Å². The number of aryl methyl sites for hydroxylation is 1. The number of anilines is 1. The van der Waals surface area contributed by atoms with Crippen molar-refractivity contribution in [3.63, 3.8) is 0 Å². The van der Waals surface area contributed by atoms with E-state index in [4.69, 9.17) is 16.9 Å². The molecule has 2 rings (SSSR count). The van der Waals surface area contributed by atoms with Gasteiger partial charge >= 0.3 is 0 Å². The Bertz CT molecular complexity index is 968. The van der Waals surface area contributed by atoms with Gasteiger partial charge in [-0.2, -0.15) is 5.26 Å². The number of hydrogen-bond donors (Lipinski definition) is 1. The number of rotatable bonds is 6. The molecule has 0 aromatic heterocycles. The number of benzene rings is 2. The van der Waals surface area contributed by atoms with Crippen LogP contribution in [-0.2, 0) is 14.8 Å². The first-order valence-electron chi connectivity index (χ1n) is 7.78. The van der Waals surface area contributed by atoms with Gasteiger partial charge in [0.15, 0.2) is 0 Å². The number of nitrogens with zero attached hydrogens (tertiary/aromatic N) is 2. The Morgan fingerprint density at radius 1 is 1.27 bits per heavy atom. The van der Waals surface area contributed by atoms with Gasteiger partial charge in [-0.15, -0.1) is 0 Å². The second kappa shape index (κ2) is 8.32. The molecule has 6 nitrogen and oxygen atoms in total. The van der Waals surface area contributed by atoms with Crippen molar-refractivity contribution in [3.8, 4) is 6.07 Å². The Hall–Kier alpha value is -2.40. The lowest BCUT2D eigenvalue weighted by Gasteiger charge is -2.21. The predicted molar refractivity (Wildman–Crippen MR) is 101 cm³/mol. The van der Waals surface area contributed by atoms with Crippen LogP contribution in [0.15, 0.2) is 47.4 Å². The van der Waals surface area contributed by atoms with E-state index < -0.39 is 10.0 Å². The third-order valence-electron chi connectivity index (χ3n) is 3.73. The lowest BCUT2D eigenvalue weighted by atomic mass is 10.2. The highest BCUT2D eigenvalue weighted by Crippen LogP contribution is 2.19. The van der Waals surface area contributed by atoms with E-state index in [9.17, 15) is 13.2 Å². The van der Waals surface area contributed by atoms with Crippen molar-refractivity contribution in [2.24, 2.45) is 0 Å². The fourth-order valence-corrected chi connectivity index (χ4v) is 3.59. The van der Waals surface area contributed by atoms with Crippen LogP contribution in [0, 0.1) is 18.3 Å². The summed E-state index contributed by atoms with van der Waals surface area (Å²) in [7, 11) is -3.71. The summed E-state index contributed by atoms with van der Waals surface area (Å²) >= 11 is 5.92. The molecule has 26 heavy (non-hydrogen) atoms. The van der Waals surface area contributed by atoms with Gasteiger partial charge in [0, 0.05) is 30.7 Å². The van der Waals surface area contributed by atoms with Crippen LogP contribution in [0.4, 0.5) is 5.69 Å². The molecule has 1 amide bonds. The van der Waals surface area contributed by atoms with Crippen LogP contribution in [0.1, 0.15) is 18.1 Å². The summed E-state index contributed by atoms with van der Waals surface area (Å²) in [5.74, 6) is -0.248. The number of hydrogen-bond acceptors (Lipinski definition) is 4. The van der Waals surface area contributed by atoms with Crippen LogP contribution < -0.4 is 9.62 Å². The zero-order valence-corrected chi connectivity index (χ0v) is 15.9. The van der Waals surface area contributed by atoms with Crippen molar-refractivity contribution in [1.82, 2.24) is 4.72 Å². The lowest BCUT2D eigenvalue weighted by molar-refractivity contribution is -0.116.